The number of halogens is 3. The van der Waals surface area contributed by atoms with Crippen molar-refractivity contribution >= 4 is 18.3 Å². The molecular formula is C21H25F3N6O3. The van der Waals surface area contributed by atoms with Gasteiger partial charge in [-0.1, -0.05) is 0 Å². The molecule has 0 saturated heterocycles. The van der Waals surface area contributed by atoms with Crippen molar-refractivity contribution in [2.45, 2.75) is 33.0 Å². The van der Waals surface area contributed by atoms with E-state index >= 15 is 0 Å². The Morgan fingerprint density at radius 2 is 2.00 bits per heavy atom. The van der Waals surface area contributed by atoms with Crippen molar-refractivity contribution < 1.29 is 27.4 Å². The van der Waals surface area contributed by atoms with Gasteiger partial charge in [-0.25, -0.2) is 4.99 Å². The number of methoxy groups -OCH3 is 1. The number of benzene rings is 1. The molecule has 0 aliphatic carbocycles. The third-order valence-corrected chi connectivity index (χ3v) is 4.61. The Hall–Kier alpha value is -3.70. The third-order valence-electron chi connectivity index (χ3n) is 4.61. The van der Waals surface area contributed by atoms with E-state index in [0.717, 1.165) is 13.1 Å². The molecule has 0 saturated carbocycles. The zero-order valence-corrected chi connectivity index (χ0v) is 18.7. The zero-order valence-electron chi connectivity index (χ0n) is 18.7. The molecule has 1 atom stereocenters. The number of ether oxygens (including phenoxy) is 2. The highest BCUT2D eigenvalue weighted by molar-refractivity contribution is 5.98. The minimum absolute atomic E-state index is 0.0512. The predicted octanol–water partition coefficient (Wildman–Crippen LogP) is 3.67. The molecule has 0 radical (unpaired) electrons. The maximum Gasteiger partial charge on any atom is 0.429 e. The fourth-order valence-corrected chi connectivity index (χ4v) is 2.78. The van der Waals surface area contributed by atoms with E-state index in [4.69, 9.17) is 9.47 Å². The highest BCUT2D eigenvalue weighted by atomic mass is 19.4. The lowest BCUT2D eigenvalue weighted by Crippen LogP contribution is -2.41. The van der Waals surface area contributed by atoms with Gasteiger partial charge in [0, 0.05) is 6.54 Å². The van der Waals surface area contributed by atoms with Gasteiger partial charge in [-0.05, 0) is 45.7 Å². The van der Waals surface area contributed by atoms with E-state index in [0.29, 0.717) is 23.5 Å². The lowest BCUT2D eigenvalue weighted by molar-refractivity contribution is -0.0592. The van der Waals surface area contributed by atoms with Crippen LogP contribution in [0.5, 0.6) is 5.75 Å². The van der Waals surface area contributed by atoms with E-state index in [2.05, 4.69) is 26.9 Å². The zero-order chi connectivity index (χ0) is 24.6. The van der Waals surface area contributed by atoms with Crippen LogP contribution in [0.1, 0.15) is 31.1 Å². The second kappa shape index (κ2) is 11.2. The summed E-state index contributed by atoms with van der Waals surface area (Å²) in [4.78, 5) is 23.1. The molecule has 1 amide bonds. The molecule has 0 N–H and O–H groups in total. The summed E-state index contributed by atoms with van der Waals surface area (Å²) >= 11 is 0. The monoisotopic (exact) mass is 466 g/mol. The number of carbonyl (C=O) groups excluding carboxylic acids is 1. The third kappa shape index (κ3) is 6.64. The van der Waals surface area contributed by atoms with Crippen molar-refractivity contribution in [3.8, 4) is 11.4 Å². The van der Waals surface area contributed by atoms with Crippen LogP contribution in [0.3, 0.4) is 0 Å². The van der Waals surface area contributed by atoms with Crippen molar-refractivity contribution in [1.82, 2.24) is 19.9 Å². The van der Waals surface area contributed by atoms with Crippen molar-refractivity contribution in [2.75, 3.05) is 20.3 Å². The van der Waals surface area contributed by atoms with Crippen LogP contribution in [-0.2, 0) is 4.74 Å². The van der Waals surface area contributed by atoms with Gasteiger partial charge in [-0.3, -0.25) is 9.79 Å². The first-order chi connectivity index (χ1) is 15.6. The molecule has 1 aromatic carbocycles. The fourth-order valence-electron chi connectivity index (χ4n) is 2.78. The molecule has 0 fully saturated rings. The molecule has 0 bridgehead atoms. The maximum absolute atomic E-state index is 13.4. The van der Waals surface area contributed by atoms with Crippen molar-refractivity contribution in [3.63, 3.8) is 0 Å². The highest BCUT2D eigenvalue weighted by Crippen LogP contribution is 2.23. The molecule has 0 aliphatic rings. The van der Waals surface area contributed by atoms with Crippen LogP contribution >= 0.6 is 0 Å². The number of likely N-dealkylation sites (N-methyl/N-ethyl adjacent to an activating group) is 1. The average molecular weight is 466 g/mol. The summed E-state index contributed by atoms with van der Waals surface area (Å²) in [5, 5.41) is 8.18. The largest absolute Gasteiger partial charge is 0.497 e. The van der Waals surface area contributed by atoms with E-state index in [1.54, 1.807) is 32.0 Å². The van der Waals surface area contributed by atoms with Gasteiger partial charge in [0.25, 0.3) is 5.91 Å². The second-order valence-electron chi connectivity index (χ2n) is 6.79. The van der Waals surface area contributed by atoms with Gasteiger partial charge in [0.05, 0.1) is 43.0 Å². The molecule has 0 aliphatic heterocycles. The Morgan fingerprint density at radius 1 is 1.33 bits per heavy atom. The summed E-state index contributed by atoms with van der Waals surface area (Å²) in [7, 11) is 1.49. The first kappa shape index (κ1) is 25.6. The van der Waals surface area contributed by atoms with E-state index in [1.165, 1.54) is 29.2 Å². The van der Waals surface area contributed by atoms with E-state index in [9.17, 15) is 18.0 Å². The smallest absolute Gasteiger partial charge is 0.429 e. The van der Waals surface area contributed by atoms with Gasteiger partial charge in [0.2, 0.25) is 5.88 Å². The number of hydrogen-bond acceptors (Lipinski definition) is 7. The molecule has 1 aromatic heterocycles. The predicted molar refractivity (Wildman–Crippen MR) is 117 cm³/mol. The van der Waals surface area contributed by atoms with Gasteiger partial charge >= 0.3 is 6.18 Å². The number of carbonyl (C=O) groups is 1. The Bertz CT molecular complexity index is 1020. The first-order valence-corrected chi connectivity index (χ1v) is 9.89. The topological polar surface area (TPSA) is 94.2 Å². The number of alkyl halides is 3. The second-order valence-corrected chi connectivity index (χ2v) is 6.79. The summed E-state index contributed by atoms with van der Waals surface area (Å²) in [5.41, 5.74) is -0.284. The van der Waals surface area contributed by atoms with Crippen LogP contribution in [0.15, 0.2) is 52.7 Å². The SMILES string of the molecule is C=N/C(=C\N=C(/C)C(F)(F)F)OC[C@H](C)N(CC)C(=O)c1cc(OC)ccc1-n1nccn1. The fraction of sp³-hybridized carbons (Fsp3) is 0.381. The molecule has 2 aromatic rings. The number of rotatable bonds is 10. The Kier molecular flexibility index (Phi) is 8.71. The normalized spacial score (nSPS) is 13.4. The minimum atomic E-state index is -4.56. The molecule has 33 heavy (non-hydrogen) atoms. The lowest BCUT2D eigenvalue weighted by atomic mass is 10.1. The number of aliphatic imine (C=N–C) groups is 2. The van der Waals surface area contributed by atoms with Crippen molar-refractivity contribution in [3.05, 3.63) is 48.2 Å². The number of amides is 1. The summed E-state index contributed by atoms with van der Waals surface area (Å²) in [5.74, 6) is -0.0484. The average Bonchev–Trinajstić information content (AvgIpc) is 3.33. The molecule has 178 valence electrons. The first-order valence-electron chi connectivity index (χ1n) is 9.89. The van der Waals surface area contributed by atoms with Crippen LogP contribution in [0.2, 0.25) is 0 Å². The van der Waals surface area contributed by atoms with Crippen LogP contribution in [-0.4, -0.2) is 70.7 Å². The molecule has 12 heteroatoms. The Labute approximate surface area is 189 Å². The molecule has 0 spiro atoms. The highest BCUT2D eigenvalue weighted by Gasteiger charge is 2.31. The van der Waals surface area contributed by atoms with E-state index in [1.807, 2.05) is 0 Å². The van der Waals surface area contributed by atoms with Crippen LogP contribution in [0.4, 0.5) is 13.2 Å². The van der Waals surface area contributed by atoms with Crippen molar-refractivity contribution in [2.24, 2.45) is 9.98 Å². The van der Waals surface area contributed by atoms with Crippen LogP contribution < -0.4 is 4.74 Å². The maximum atomic E-state index is 13.4. The summed E-state index contributed by atoms with van der Waals surface area (Å²) in [6.45, 7) is 7.92. The van der Waals surface area contributed by atoms with Crippen LogP contribution in [0, 0.1) is 0 Å². The lowest BCUT2D eigenvalue weighted by Gasteiger charge is -2.28. The molecular weight excluding hydrogens is 441 g/mol. The summed E-state index contributed by atoms with van der Waals surface area (Å²) in [6, 6.07) is 4.48. The van der Waals surface area contributed by atoms with Gasteiger partial charge in [-0.15, -0.1) is 0 Å². The van der Waals surface area contributed by atoms with E-state index < -0.39 is 17.9 Å². The number of hydrogen-bond donors (Lipinski definition) is 0. The Morgan fingerprint density at radius 3 is 2.55 bits per heavy atom. The quantitative estimate of drug-likeness (QED) is 0.393. The molecule has 9 nitrogen and oxygen atoms in total. The van der Waals surface area contributed by atoms with Gasteiger partial charge in [-0.2, -0.15) is 28.2 Å². The van der Waals surface area contributed by atoms with Crippen LogP contribution in [0.25, 0.3) is 5.69 Å². The number of nitrogens with zero attached hydrogens (tertiary/aromatic N) is 6. The summed E-state index contributed by atoms with van der Waals surface area (Å²) < 4.78 is 48.5. The van der Waals surface area contributed by atoms with Gasteiger partial charge < -0.3 is 14.4 Å². The standard InChI is InChI=1S/C21H25F3N6O3/c1-6-29(14(2)13-33-19(25-4)12-26-15(3)21(22,23)24)20(31)17-11-16(32-5)7-8-18(17)30-27-9-10-28-30/h7-12,14H,4,6,13H2,1-3,5H3/b19-12+,26-15+/t14-/m0/s1. The molecule has 2 rings (SSSR count). The molecule has 1 heterocycles. The van der Waals surface area contributed by atoms with Gasteiger partial charge in [0.1, 0.15) is 18.1 Å². The number of aromatic nitrogens is 3. The van der Waals surface area contributed by atoms with E-state index in [-0.39, 0.29) is 18.4 Å². The molecule has 0 unspecified atom stereocenters. The summed E-state index contributed by atoms with van der Waals surface area (Å²) in [6.07, 6.45) is -0.735. The van der Waals surface area contributed by atoms with Gasteiger partial charge in [0.15, 0.2) is 0 Å². The minimum Gasteiger partial charge on any atom is -0.497 e. The van der Waals surface area contributed by atoms with Crippen molar-refractivity contribution in [1.29, 1.82) is 0 Å². The Balaban J connectivity index is 2.23.